The van der Waals surface area contributed by atoms with E-state index in [0.29, 0.717) is 5.11 Å². The summed E-state index contributed by atoms with van der Waals surface area (Å²) in [5.41, 5.74) is 3.33. The Bertz CT molecular complexity index is 898. The van der Waals surface area contributed by atoms with Gasteiger partial charge in [0, 0.05) is 43.8 Å². The first kappa shape index (κ1) is 22.3. The molecular weight excluding hydrogens is 402 g/mol. The number of rotatable bonds is 6. The van der Waals surface area contributed by atoms with E-state index in [1.807, 2.05) is 0 Å². The van der Waals surface area contributed by atoms with Gasteiger partial charge in [0.1, 0.15) is 5.82 Å². The summed E-state index contributed by atoms with van der Waals surface area (Å²) in [6.45, 7) is 13.7. The predicted molar refractivity (Wildman–Crippen MR) is 136 cm³/mol. The van der Waals surface area contributed by atoms with Gasteiger partial charge in [0.25, 0.3) is 0 Å². The van der Waals surface area contributed by atoms with Gasteiger partial charge in [-0.3, -0.25) is 0 Å². The van der Waals surface area contributed by atoms with Gasteiger partial charge in [0.2, 0.25) is 0 Å². The molecule has 2 aromatic rings. The van der Waals surface area contributed by atoms with Crippen molar-refractivity contribution in [2.75, 3.05) is 49.5 Å². The van der Waals surface area contributed by atoms with Gasteiger partial charge in [-0.15, -0.1) is 0 Å². The monoisotopic (exact) mass is 439 g/mol. The Morgan fingerprint density at radius 3 is 2.61 bits per heavy atom. The number of aromatic nitrogens is 1. The molecule has 1 aromatic carbocycles. The van der Waals surface area contributed by atoms with Gasteiger partial charge < -0.3 is 20.4 Å². The third kappa shape index (κ3) is 5.86. The highest BCUT2D eigenvalue weighted by atomic mass is 32.1. The fraction of sp³-hybridized carbons (Fsp3) is 0.600. The number of anilines is 2. The second-order valence-electron chi connectivity index (χ2n) is 9.66. The number of pyridine rings is 1. The molecule has 0 bridgehead atoms. The van der Waals surface area contributed by atoms with Crippen molar-refractivity contribution in [3.63, 3.8) is 0 Å². The lowest BCUT2D eigenvalue weighted by atomic mass is 9.92. The number of aryl methyl sites for hydroxylation is 1. The Hall–Kier alpha value is -1.92. The molecule has 6 heteroatoms. The summed E-state index contributed by atoms with van der Waals surface area (Å²) in [5.74, 6) is 2.74. The molecule has 1 aromatic heterocycles. The third-order valence-electron chi connectivity index (χ3n) is 6.57. The first-order chi connectivity index (χ1) is 15.0. The summed E-state index contributed by atoms with van der Waals surface area (Å²) in [6.07, 6.45) is 5.01. The second-order valence-corrected chi connectivity index (χ2v) is 10.1. The number of benzene rings is 1. The zero-order valence-electron chi connectivity index (χ0n) is 19.3. The quantitative estimate of drug-likeness (QED) is 0.498. The summed E-state index contributed by atoms with van der Waals surface area (Å²) >= 11 is 5.53. The fourth-order valence-electron chi connectivity index (χ4n) is 5.22. The topological polar surface area (TPSA) is 43.4 Å². The Morgan fingerprint density at radius 1 is 1.13 bits per heavy atom. The van der Waals surface area contributed by atoms with E-state index in [4.69, 9.17) is 17.2 Å². The van der Waals surface area contributed by atoms with Crippen LogP contribution in [0.3, 0.4) is 0 Å². The number of likely N-dealkylation sites (tertiary alicyclic amines) is 1. The molecule has 31 heavy (non-hydrogen) atoms. The van der Waals surface area contributed by atoms with E-state index < -0.39 is 0 Å². The van der Waals surface area contributed by atoms with Gasteiger partial charge in [-0.1, -0.05) is 13.8 Å². The molecule has 3 heterocycles. The van der Waals surface area contributed by atoms with Crippen LogP contribution < -0.4 is 15.5 Å². The summed E-state index contributed by atoms with van der Waals surface area (Å²) in [5, 5.41) is 8.60. The summed E-state index contributed by atoms with van der Waals surface area (Å²) in [7, 11) is 0. The van der Waals surface area contributed by atoms with E-state index in [-0.39, 0.29) is 0 Å². The molecule has 2 aliphatic heterocycles. The number of hydrogen-bond donors (Lipinski definition) is 2. The Labute approximate surface area is 192 Å². The van der Waals surface area contributed by atoms with Crippen molar-refractivity contribution in [3.8, 4) is 0 Å². The number of hydrogen-bond acceptors (Lipinski definition) is 4. The van der Waals surface area contributed by atoms with Crippen molar-refractivity contribution in [2.45, 2.75) is 46.5 Å². The highest BCUT2D eigenvalue weighted by Gasteiger charge is 2.21. The molecule has 0 saturated carbocycles. The lowest BCUT2D eigenvalue weighted by molar-refractivity contribution is 0.140. The summed E-state index contributed by atoms with van der Waals surface area (Å²) < 4.78 is 0. The van der Waals surface area contributed by atoms with Crippen molar-refractivity contribution in [2.24, 2.45) is 11.8 Å². The normalized spacial score (nSPS) is 22.1. The van der Waals surface area contributed by atoms with Crippen LogP contribution in [-0.4, -0.2) is 54.3 Å². The maximum Gasteiger partial charge on any atom is 0.170 e. The van der Waals surface area contributed by atoms with E-state index >= 15 is 0 Å². The largest absolute Gasteiger partial charge is 0.362 e. The number of nitrogens with zero attached hydrogens (tertiary/aromatic N) is 3. The average Bonchev–Trinajstić information content (AvgIpc) is 3.26. The minimum absolute atomic E-state index is 0.694. The zero-order valence-corrected chi connectivity index (χ0v) is 20.1. The molecule has 5 nitrogen and oxygen atoms in total. The van der Waals surface area contributed by atoms with Crippen LogP contribution in [0.2, 0.25) is 0 Å². The average molecular weight is 440 g/mol. The number of thiocarbonyl (C=S) groups is 1. The molecule has 168 valence electrons. The van der Waals surface area contributed by atoms with Crippen molar-refractivity contribution < 1.29 is 0 Å². The molecule has 0 radical (unpaired) electrons. The van der Waals surface area contributed by atoms with E-state index in [1.165, 1.54) is 43.3 Å². The van der Waals surface area contributed by atoms with Crippen LogP contribution in [0.4, 0.5) is 11.5 Å². The second kappa shape index (κ2) is 10.1. The van der Waals surface area contributed by atoms with E-state index in [9.17, 15) is 0 Å². The van der Waals surface area contributed by atoms with Crippen molar-refractivity contribution >= 4 is 39.7 Å². The first-order valence-electron chi connectivity index (χ1n) is 11.9. The van der Waals surface area contributed by atoms with Gasteiger partial charge in [-0.05, 0) is 93.0 Å². The lowest BCUT2D eigenvalue weighted by Crippen LogP contribution is -2.40. The molecule has 0 unspecified atom stereocenters. The molecule has 0 spiro atoms. The van der Waals surface area contributed by atoms with Crippen LogP contribution in [-0.2, 0) is 0 Å². The van der Waals surface area contributed by atoms with Crippen LogP contribution in [0.1, 0.15) is 45.1 Å². The van der Waals surface area contributed by atoms with Gasteiger partial charge >= 0.3 is 0 Å². The van der Waals surface area contributed by atoms with E-state index in [1.54, 1.807) is 0 Å². The molecule has 0 amide bonds. The minimum Gasteiger partial charge on any atom is -0.362 e. The van der Waals surface area contributed by atoms with E-state index in [2.05, 4.69) is 65.5 Å². The molecule has 2 aliphatic rings. The van der Waals surface area contributed by atoms with Gasteiger partial charge in [0.05, 0.1) is 5.52 Å². The molecule has 0 aliphatic carbocycles. The highest BCUT2D eigenvalue weighted by Crippen LogP contribution is 2.27. The molecular formula is C25H37N5S. The van der Waals surface area contributed by atoms with E-state index in [0.717, 1.165) is 61.5 Å². The van der Waals surface area contributed by atoms with Gasteiger partial charge in [-0.25, -0.2) is 4.98 Å². The predicted octanol–water partition coefficient (Wildman–Crippen LogP) is 4.80. The lowest BCUT2D eigenvalue weighted by Gasteiger charge is -2.35. The smallest absolute Gasteiger partial charge is 0.170 e. The van der Waals surface area contributed by atoms with Crippen molar-refractivity contribution in [3.05, 3.63) is 29.8 Å². The Kier molecular flexibility index (Phi) is 7.28. The first-order valence-corrected chi connectivity index (χ1v) is 12.3. The van der Waals surface area contributed by atoms with Crippen LogP contribution >= 0.6 is 12.2 Å². The standard InChI is InChI=1S/C25H37N5S/c1-18-13-19(2)17-29(16-18)10-6-9-26-25(31)27-21-7-8-23-22(15-21)20(3)14-24(28-23)30-11-4-5-12-30/h7-8,14-15,18-19H,4-6,9-13,16-17H2,1-3H3,(H2,26,27,31)/t18-,19-/m1/s1. The molecule has 2 saturated heterocycles. The van der Waals surface area contributed by atoms with Crippen LogP contribution in [0.5, 0.6) is 0 Å². The summed E-state index contributed by atoms with van der Waals surface area (Å²) in [4.78, 5) is 9.89. The highest BCUT2D eigenvalue weighted by molar-refractivity contribution is 7.80. The molecule has 4 rings (SSSR count). The number of piperidine rings is 1. The Morgan fingerprint density at radius 2 is 1.87 bits per heavy atom. The SMILES string of the molecule is Cc1cc(N2CCCC2)nc2ccc(NC(=S)NCCCN3C[C@H](C)C[C@@H](C)C3)cc12. The van der Waals surface area contributed by atoms with Gasteiger partial charge in [-0.2, -0.15) is 0 Å². The van der Waals surface area contributed by atoms with Crippen LogP contribution in [0, 0.1) is 18.8 Å². The van der Waals surface area contributed by atoms with Crippen LogP contribution in [0.25, 0.3) is 10.9 Å². The zero-order chi connectivity index (χ0) is 21.8. The maximum atomic E-state index is 5.53. The maximum absolute atomic E-state index is 5.53. The number of fused-ring (bicyclic) bond motifs is 1. The minimum atomic E-state index is 0.694. The molecule has 2 atom stereocenters. The van der Waals surface area contributed by atoms with Gasteiger partial charge in [0.15, 0.2) is 5.11 Å². The van der Waals surface area contributed by atoms with Crippen LogP contribution in [0.15, 0.2) is 24.3 Å². The van der Waals surface area contributed by atoms with Crippen molar-refractivity contribution in [1.29, 1.82) is 0 Å². The Balaban J connectivity index is 1.28. The fourth-order valence-corrected chi connectivity index (χ4v) is 5.44. The third-order valence-corrected chi connectivity index (χ3v) is 6.82. The summed E-state index contributed by atoms with van der Waals surface area (Å²) in [6, 6.07) is 8.56. The van der Waals surface area contributed by atoms with Crippen molar-refractivity contribution in [1.82, 2.24) is 15.2 Å². The molecule has 2 N–H and O–H groups in total. The number of nitrogens with one attached hydrogen (secondary N) is 2. The molecule has 2 fully saturated rings.